The summed E-state index contributed by atoms with van der Waals surface area (Å²) in [7, 11) is -2.75. The molecule has 1 N–H and O–H groups in total. The summed E-state index contributed by atoms with van der Waals surface area (Å²) in [5, 5.41) is 1.96. The summed E-state index contributed by atoms with van der Waals surface area (Å²) < 4.78 is 66.6. The largest absolute Gasteiger partial charge is 0.497 e. The molecule has 30 heavy (non-hydrogen) atoms. The van der Waals surface area contributed by atoms with Crippen molar-refractivity contribution in [2.45, 2.75) is 34.7 Å². The number of nitrogens with zero attached hydrogens (tertiary/aromatic N) is 1. The smallest absolute Gasteiger partial charge is 0.417 e. The molecule has 2 aromatic rings. The first-order valence-corrected chi connectivity index (χ1v) is 11.2. The molecule has 11 heteroatoms. The lowest BCUT2D eigenvalue weighted by atomic mass is 10.2. The van der Waals surface area contributed by atoms with Crippen LogP contribution in [0.2, 0.25) is 0 Å². The van der Waals surface area contributed by atoms with Gasteiger partial charge in [-0.2, -0.15) is 13.2 Å². The third kappa shape index (κ3) is 5.45. The molecule has 0 fully saturated rings. The van der Waals surface area contributed by atoms with Crippen molar-refractivity contribution in [2.24, 2.45) is 0 Å². The first kappa shape index (κ1) is 24.0. The van der Waals surface area contributed by atoms with Gasteiger partial charge in [0.1, 0.15) is 5.75 Å². The van der Waals surface area contributed by atoms with Gasteiger partial charge in [-0.3, -0.25) is 4.79 Å². The van der Waals surface area contributed by atoms with E-state index < -0.39 is 37.3 Å². The number of halogens is 3. The minimum absolute atomic E-state index is 0.203. The Morgan fingerprint density at radius 1 is 1.13 bits per heavy atom. The number of sulfone groups is 1. The van der Waals surface area contributed by atoms with Crippen LogP contribution in [-0.4, -0.2) is 43.5 Å². The third-order valence-corrected chi connectivity index (χ3v) is 7.61. The first-order valence-electron chi connectivity index (χ1n) is 8.72. The Morgan fingerprint density at radius 2 is 1.77 bits per heavy atom. The van der Waals surface area contributed by atoms with Gasteiger partial charge in [0.05, 0.1) is 12.7 Å². The van der Waals surface area contributed by atoms with E-state index in [1.807, 2.05) is 12.1 Å². The number of aromatic nitrogens is 1. The molecule has 2 rings (SSSR count). The molecule has 0 unspecified atom stereocenters. The van der Waals surface area contributed by atoms with Crippen LogP contribution in [0.3, 0.4) is 0 Å². The fourth-order valence-electron chi connectivity index (χ4n) is 2.31. The number of carbonyl (C=O) groups excluding carboxylic acids is 1. The van der Waals surface area contributed by atoms with Crippen molar-refractivity contribution in [1.29, 1.82) is 0 Å². The zero-order chi connectivity index (χ0) is 22.6. The Balaban J connectivity index is 1.99. The van der Waals surface area contributed by atoms with Gasteiger partial charge in [0.15, 0.2) is 9.77 Å². The van der Waals surface area contributed by atoms with Gasteiger partial charge in [-0.05, 0) is 50.2 Å². The molecular formula is C19H21F3N2O4S2. The van der Waals surface area contributed by atoms with Gasteiger partial charge < -0.3 is 10.1 Å². The Kier molecular flexibility index (Phi) is 7.40. The van der Waals surface area contributed by atoms with Crippen molar-refractivity contribution in [1.82, 2.24) is 10.3 Å². The van der Waals surface area contributed by atoms with E-state index in [1.165, 1.54) is 25.6 Å². The monoisotopic (exact) mass is 462 g/mol. The van der Waals surface area contributed by atoms with E-state index in [2.05, 4.69) is 10.3 Å². The number of amides is 1. The van der Waals surface area contributed by atoms with Crippen LogP contribution in [-0.2, 0) is 20.8 Å². The number of nitrogens with one attached hydrogen (secondary N) is 1. The third-order valence-electron chi connectivity index (χ3n) is 4.27. The summed E-state index contributed by atoms with van der Waals surface area (Å²) >= 11 is 1.46. The molecule has 0 saturated heterocycles. The number of pyridine rings is 1. The van der Waals surface area contributed by atoms with E-state index in [0.717, 1.165) is 16.7 Å². The SMILES string of the molecule is COc1ccc(SCCNC(=O)C(C)(C)S(=O)(=O)c2ccc(C(F)(F)F)cn2)cc1. The van der Waals surface area contributed by atoms with Crippen LogP contribution in [0.15, 0.2) is 52.5 Å². The van der Waals surface area contributed by atoms with Crippen molar-refractivity contribution in [2.75, 3.05) is 19.4 Å². The summed E-state index contributed by atoms with van der Waals surface area (Å²) in [4.78, 5) is 16.8. The van der Waals surface area contributed by atoms with Crippen molar-refractivity contribution in [3.05, 3.63) is 48.2 Å². The van der Waals surface area contributed by atoms with E-state index in [-0.39, 0.29) is 6.54 Å². The number of benzene rings is 1. The standard InChI is InChI=1S/C19H21F3N2O4S2/c1-18(2,30(26,27)16-9-4-13(12-24-16)19(20,21)22)17(25)23-10-11-29-15-7-5-14(28-3)6-8-15/h4-9,12H,10-11H2,1-3H3,(H,23,25). The average Bonchev–Trinajstić information content (AvgIpc) is 2.70. The summed E-state index contributed by atoms with van der Waals surface area (Å²) in [6, 6.07) is 8.69. The van der Waals surface area contributed by atoms with Gasteiger partial charge in [-0.15, -0.1) is 11.8 Å². The molecule has 0 radical (unpaired) electrons. The van der Waals surface area contributed by atoms with Gasteiger partial charge >= 0.3 is 6.18 Å². The highest BCUT2D eigenvalue weighted by molar-refractivity contribution is 7.99. The van der Waals surface area contributed by atoms with Crippen LogP contribution < -0.4 is 10.1 Å². The van der Waals surface area contributed by atoms with E-state index in [4.69, 9.17) is 4.74 Å². The molecule has 0 aliphatic heterocycles. The molecule has 0 saturated carbocycles. The molecule has 1 heterocycles. The zero-order valence-electron chi connectivity index (χ0n) is 16.5. The molecule has 0 spiro atoms. The summed E-state index contributed by atoms with van der Waals surface area (Å²) in [5.74, 6) is 0.447. The van der Waals surface area contributed by atoms with Gasteiger partial charge in [-0.25, -0.2) is 13.4 Å². The van der Waals surface area contributed by atoms with Gasteiger partial charge in [0.25, 0.3) is 0 Å². The molecule has 6 nitrogen and oxygen atoms in total. The zero-order valence-corrected chi connectivity index (χ0v) is 18.1. The number of alkyl halides is 3. The second-order valence-corrected chi connectivity index (χ2v) is 10.3. The van der Waals surface area contributed by atoms with Crippen LogP contribution in [0.5, 0.6) is 5.75 Å². The predicted molar refractivity (Wildman–Crippen MR) is 107 cm³/mol. The molecule has 0 atom stereocenters. The van der Waals surface area contributed by atoms with Gasteiger partial charge in [0, 0.05) is 23.4 Å². The Hall–Kier alpha value is -2.27. The van der Waals surface area contributed by atoms with Gasteiger partial charge in [-0.1, -0.05) is 0 Å². The first-order chi connectivity index (χ1) is 13.9. The Morgan fingerprint density at radius 3 is 2.27 bits per heavy atom. The molecule has 0 aliphatic carbocycles. The van der Waals surface area contributed by atoms with Gasteiger partial charge in [0.2, 0.25) is 15.7 Å². The maximum absolute atomic E-state index is 12.7. The van der Waals surface area contributed by atoms with Crippen molar-refractivity contribution < 1.29 is 31.1 Å². The molecule has 164 valence electrons. The second kappa shape index (κ2) is 9.25. The van der Waals surface area contributed by atoms with E-state index in [1.54, 1.807) is 19.2 Å². The lowest BCUT2D eigenvalue weighted by molar-refractivity contribution is -0.137. The molecule has 1 aromatic carbocycles. The number of rotatable bonds is 8. The van der Waals surface area contributed by atoms with E-state index in [0.29, 0.717) is 18.0 Å². The molecule has 1 aromatic heterocycles. The topological polar surface area (TPSA) is 85.4 Å². The quantitative estimate of drug-likeness (QED) is 0.477. The maximum Gasteiger partial charge on any atom is 0.417 e. The van der Waals surface area contributed by atoms with Crippen LogP contribution in [0.25, 0.3) is 0 Å². The lowest BCUT2D eigenvalue weighted by Crippen LogP contribution is -2.48. The number of carbonyl (C=O) groups is 1. The lowest BCUT2D eigenvalue weighted by Gasteiger charge is -2.23. The van der Waals surface area contributed by atoms with Crippen LogP contribution in [0.4, 0.5) is 13.2 Å². The highest BCUT2D eigenvalue weighted by atomic mass is 32.2. The number of methoxy groups -OCH3 is 1. The summed E-state index contributed by atoms with van der Waals surface area (Å²) in [6.07, 6.45) is -4.20. The Bertz CT molecular complexity index is 974. The average molecular weight is 463 g/mol. The van der Waals surface area contributed by atoms with Crippen molar-refractivity contribution >= 4 is 27.5 Å². The molecule has 1 amide bonds. The Labute approximate surface area is 177 Å². The molecular weight excluding hydrogens is 441 g/mol. The van der Waals surface area contributed by atoms with Crippen LogP contribution in [0, 0.1) is 0 Å². The minimum atomic E-state index is -4.64. The van der Waals surface area contributed by atoms with Crippen molar-refractivity contribution in [3.8, 4) is 5.75 Å². The number of ether oxygens (including phenoxy) is 1. The predicted octanol–water partition coefficient (Wildman–Crippen LogP) is 3.57. The van der Waals surface area contributed by atoms with Crippen LogP contribution in [0.1, 0.15) is 19.4 Å². The number of hydrogen-bond acceptors (Lipinski definition) is 6. The number of hydrogen-bond donors (Lipinski definition) is 1. The van der Waals surface area contributed by atoms with Crippen molar-refractivity contribution in [3.63, 3.8) is 0 Å². The minimum Gasteiger partial charge on any atom is -0.497 e. The maximum atomic E-state index is 12.7. The second-order valence-electron chi connectivity index (χ2n) is 6.68. The highest BCUT2D eigenvalue weighted by Crippen LogP contribution is 2.30. The fourth-order valence-corrected chi connectivity index (χ4v) is 4.35. The summed E-state index contributed by atoms with van der Waals surface area (Å²) in [6.45, 7) is 2.58. The van der Waals surface area contributed by atoms with E-state index in [9.17, 15) is 26.4 Å². The fraction of sp³-hybridized carbons (Fsp3) is 0.368. The summed E-state index contributed by atoms with van der Waals surface area (Å²) in [5.41, 5.74) is -1.07. The molecule has 0 aliphatic rings. The van der Waals surface area contributed by atoms with E-state index >= 15 is 0 Å². The normalized spacial score (nSPS) is 12.5. The highest BCUT2D eigenvalue weighted by Gasteiger charge is 2.44. The number of thioether (sulfide) groups is 1. The molecule has 0 bridgehead atoms. The van der Waals surface area contributed by atoms with Crippen LogP contribution >= 0.6 is 11.8 Å².